The van der Waals surface area contributed by atoms with Gasteiger partial charge in [0.25, 0.3) is 0 Å². The standard InChI is InChI=1S/C27H21ClN6O2S2/c1-33-19-10-5-3-8-16(19)27(24(33)36)17(13-29)23(30)34(20-11-6-12-21(35)22(20)27)25-31-32-26(38-25)37-14-15-7-2-4-9-18(15)28/h2-5,7-10H,6,11-12,14,30H2,1H3. The molecule has 2 aliphatic heterocycles. The summed E-state index contributed by atoms with van der Waals surface area (Å²) in [6.07, 6.45) is 1.42. The van der Waals surface area contributed by atoms with Crippen LogP contribution in [0.5, 0.6) is 0 Å². The molecule has 3 heterocycles. The first-order chi connectivity index (χ1) is 18.4. The maximum atomic E-state index is 14.0. The van der Waals surface area contributed by atoms with E-state index < -0.39 is 5.41 Å². The first-order valence-electron chi connectivity index (χ1n) is 11.9. The fourth-order valence-corrected chi connectivity index (χ4v) is 7.73. The van der Waals surface area contributed by atoms with Crippen LogP contribution < -0.4 is 15.5 Å². The molecular weight excluding hydrogens is 540 g/mol. The number of hydrogen-bond acceptors (Lipinski definition) is 9. The van der Waals surface area contributed by atoms with E-state index in [1.54, 1.807) is 18.0 Å². The van der Waals surface area contributed by atoms with E-state index in [4.69, 9.17) is 17.3 Å². The minimum atomic E-state index is -1.57. The van der Waals surface area contributed by atoms with Crippen LogP contribution in [0.1, 0.15) is 30.4 Å². The lowest BCUT2D eigenvalue weighted by molar-refractivity contribution is -0.124. The fourth-order valence-electron chi connectivity index (χ4n) is 5.56. The summed E-state index contributed by atoms with van der Waals surface area (Å²) in [6, 6.07) is 17.1. The molecule has 1 spiro atoms. The van der Waals surface area contributed by atoms with E-state index >= 15 is 0 Å². The number of rotatable bonds is 4. The number of anilines is 2. The number of Topliss-reactive ketones (excluding diaryl/α,β-unsaturated/α-hetero) is 1. The van der Waals surface area contributed by atoms with Gasteiger partial charge >= 0.3 is 0 Å². The lowest BCUT2D eigenvalue weighted by Crippen LogP contribution is -2.52. The van der Waals surface area contributed by atoms with Crippen molar-refractivity contribution in [3.05, 3.63) is 87.3 Å². The Bertz CT molecular complexity index is 1620. The SMILES string of the molecule is CN1C(=O)C2(C(C#N)=C(N)N(c3nnc(SCc4ccccc4Cl)s3)C3=C2C(=O)CCC3)c2ccccc21. The number of nitrogens with two attached hydrogens (primary N) is 1. The number of ketones is 1. The molecule has 3 aliphatic rings. The third-order valence-electron chi connectivity index (χ3n) is 7.20. The summed E-state index contributed by atoms with van der Waals surface area (Å²) in [4.78, 5) is 30.8. The highest BCUT2D eigenvalue weighted by Gasteiger charge is 2.61. The molecule has 0 saturated carbocycles. The normalized spacial score (nSPS) is 20.8. The Labute approximate surface area is 232 Å². The van der Waals surface area contributed by atoms with Gasteiger partial charge in [0, 0.05) is 46.8 Å². The van der Waals surface area contributed by atoms with Gasteiger partial charge in [-0.25, -0.2) is 0 Å². The maximum absolute atomic E-state index is 14.0. The summed E-state index contributed by atoms with van der Waals surface area (Å²) in [5.74, 6) is 0.191. The quantitative estimate of drug-likeness (QED) is 0.447. The van der Waals surface area contributed by atoms with Crippen LogP contribution >= 0.6 is 34.7 Å². The molecule has 2 N–H and O–H groups in total. The van der Waals surface area contributed by atoms with Gasteiger partial charge in [-0.2, -0.15) is 5.26 Å². The van der Waals surface area contributed by atoms with Gasteiger partial charge in [0.15, 0.2) is 10.1 Å². The van der Waals surface area contributed by atoms with E-state index in [0.29, 0.717) is 62.0 Å². The van der Waals surface area contributed by atoms with Crippen LogP contribution in [0.25, 0.3) is 0 Å². The van der Waals surface area contributed by atoms with Gasteiger partial charge in [-0.05, 0) is 30.5 Å². The highest BCUT2D eigenvalue weighted by Crippen LogP contribution is 2.56. The molecular formula is C27H21ClN6O2S2. The van der Waals surface area contributed by atoms with Gasteiger partial charge in [-0.15, -0.1) is 10.2 Å². The zero-order chi connectivity index (χ0) is 26.6. The molecule has 0 radical (unpaired) electrons. The van der Waals surface area contributed by atoms with E-state index in [-0.39, 0.29) is 23.1 Å². The number of nitrogens with zero attached hydrogens (tertiary/aromatic N) is 5. The summed E-state index contributed by atoms with van der Waals surface area (Å²) in [6.45, 7) is 0. The van der Waals surface area contributed by atoms with E-state index in [1.807, 2.05) is 42.5 Å². The van der Waals surface area contributed by atoms with Crippen LogP contribution in [0.2, 0.25) is 5.02 Å². The minimum absolute atomic E-state index is 0.0359. The number of nitriles is 1. The number of halogens is 1. The van der Waals surface area contributed by atoms with Crippen molar-refractivity contribution in [1.29, 1.82) is 5.26 Å². The lowest BCUT2D eigenvalue weighted by Gasteiger charge is -2.42. The van der Waals surface area contributed by atoms with Crippen molar-refractivity contribution in [3.63, 3.8) is 0 Å². The molecule has 1 aromatic heterocycles. The number of hydrogen-bond donors (Lipinski definition) is 1. The smallest absolute Gasteiger partial charge is 0.247 e. The summed E-state index contributed by atoms with van der Waals surface area (Å²) >= 11 is 9.10. The largest absolute Gasteiger partial charge is 0.384 e. The zero-order valence-electron chi connectivity index (χ0n) is 20.3. The van der Waals surface area contributed by atoms with Crippen molar-refractivity contribution in [1.82, 2.24) is 10.2 Å². The van der Waals surface area contributed by atoms with Gasteiger partial charge in [0.05, 0.1) is 5.57 Å². The van der Waals surface area contributed by atoms with Gasteiger partial charge in [0.1, 0.15) is 17.3 Å². The Morgan fingerprint density at radius 3 is 2.71 bits per heavy atom. The van der Waals surface area contributed by atoms with Crippen LogP contribution in [-0.4, -0.2) is 28.9 Å². The molecule has 8 nitrogen and oxygen atoms in total. The second-order valence-electron chi connectivity index (χ2n) is 9.17. The lowest BCUT2D eigenvalue weighted by atomic mass is 9.64. The maximum Gasteiger partial charge on any atom is 0.247 e. The number of thioether (sulfide) groups is 1. The number of carbonyl (C=O) groups excluding carboxylic acids is 2. The monoisotopic (exact) mass is 560 g/mol. The third-order valence-corrected chi connectivity index (χ3v) is 9.66. The van der Waals surface area contributed by atoms with E-state index in [2.05, 4.69) is 16.3 Å². The number of amides is 1. The molecule has 38 heavy (non-hydrogen) atoms. The molecule has 3 aromatic rings. The summed E-state index contributed by atoms with van der Waals surface area (Å²) in [5.41, 5.74) is 8.34. The predicted molar refractivity (Wildman–Crippen MR) is 148 cm³/mol. The van der Waals surface area contributed by atoms with Crippen molar-refractivity contribution in [2.24, 2.45) is 5.73 Å². The van der Waals surface area contributed by atoms with Gasteiger partial charge < -0.3 is 10.6 Å². The fraction of sp³-hybridized carbons (Fsp3) is 0.222. The molecule has 1 amide bonds. The molecule has 0 fully saturated rings. The third kappa shape index (κ3) is 3.42. The molecule has 0 saturated heterocycles. The van der Waals surface area contributed by atoms with Crippen molar-refractivity contribution in [2.45, 2.75) is 34.8 Å². The highest BCUT2D eigenvalue weighted by atomic mass is 35.5. The van der Waals surface area contributed by atoms with Crippen molar-refractivity contribution in [3.8, 4) is 6.07 Å². The topological polar surface area (TPSA) is 116 Å². The Kier molecular flexibility index (Phi) is 6.02. The Morgan fingerprint density at radius 2 is 1.92 bits per heavy atom. The number of likely N-dealkylation sites (N-methyl/N-ethyl adjacent to an activating group) is 1. The number of carbonyl (C=O) groups is 2. The molecule has 190 valence electrons. The zero-order valence-corrected chi connectivity index (χ0v) is 22.7. The van der Waals surface area contributed by atoms with Crippen molar-refractivity contribution in [2.75, 3.05) is 16.8 Å². The predicted octanol–water partition coefficient (Wildman–Crippen LogP) is 4.92. The molecule has 1 unspecified atom stereocenters. The van der Waals surface area contributed by atoms with Crippen LogP contribution in [0.15, 0.2) is 75.5 Å². The van der Waals surface area contributed by atoms with Gasteiger partial charge in [-0.1, -0.05) is 71.1 Å². The molecule has 11 heteroatoms. The average molecular weight is 561 g/mol. The average Bonchev–Trinajstić information content (AvgIpc) is 3.47. The van der Waals surface area contributed by atoms with Crippen molar-refractivity contribution >= 4 is 57.2 Å². The minimum Gasteiger partial charge on any atom is -0.384 e. The Morgan fingerprint density at radius 1 is 1.16 bits per heavy atom. The number of allylic oxidation sites excluding steroid dienone is 1. The van der Waals surface area contributed by atoms with Gasteiger partial charge in [0.2, 0.25) is 11.0 Å². The Balaban J connectivity index is 1.48. The first-order valence-corrected chi connectivity index (χ1v) is 14.1. The molecule has 1 aliphatic carbocycles. The van der Waals surface area contributed by atoms with Crippen LogP contribution in [0.4, 0.5) is 10.8 Å². The van der Waals surface area contributed by atoms with Crippen LogP contribution in [0.3, 0.4) is 0 Å². The van der Waals surface area contributed by atoms with Crippen LogP contribution in [-0.2, 0) is 20.8 Å². The molecule has 2 aromatic carbocycles. The number of fused-ring (bicyclic) bond motifs is 3. The van der Waals surface area contributed by atoms with Crippen LogP contribution in [0, 0.1) is 11.3 Å². The van der Waals surface area contributed by atoms with E-state index in [9.17, 15) is 14.9 Å². The number of para-hydroxylation sites is 1. The molecule has 1 atom stereocenters. The molecule has 6 rings (SSSR count). The second-order valence-corrected chi connectivity index (χ2v) is 11.8. The second kappa shape index (κ2) is 9.27. The van der Waals surface area contributed by atoms with Gasteiger partial charge in [-0.3, -0.25) is 14.5 Å². The summed E-state index contributed by atoms with van der Waals surface area (Å²) in [7, 11) is 1.66. The number of aromatic nitrogens is 2. The summed E-state index contributed by atoms with van der Waals surface area (Å²) in [5, 5.41) is 20.3. The highest BCUT2D eigenvalue weighted by molar-refractivity contribution is 8.00. The van der Waals surface area contributed by atoms with E-state index in [1.165, 1.54) is 28.0 Å². The number of benzene rings is 2. The Hall–Kier alpha value is -3.65. The molecule has 0 bridgehead atoms. The first kappa shape index (κ1) is 24.7. The summed E-state index contributed by atoms with van der Waals surface area (Å²) < 4.78 is 0.692. The van der Waals surface area contributed by atoms with E-state index in [0.717, 1.165) is 5.56 Å². The van der Waals surface area contributed by atoms with Crippen molar-refractivity contribution < 1.29 is 9.59 Å².